The van der Waals surface area contributed by atoms with Gasteiger partial charge in [-0.05, 0) is 75.1 Å². The van der Waals surface area contributed by atoms with Crippen LogP contribution in [0.2, 0.25) is 0 Å². The first-order valence-corrected chi connectivity index (χ1v) is 10.9. The first-order valence-electron chi connectivity index (χ1n) is 10.9. The first-order chi connectivity index (χ1) is 14.5. The zero-order chi connectivity index (χ0) is 21.5. The lowest BCUT2D eigenvalue weighted by atomic mass is 9.98. The fourth-order valence-corrected chi connectivity index (χ4v) is 3.71. The Labute approximate surface area is 179 Å². The van der Waals surface area contributed by atoms with E-state index in [0.29, 0.717) is 24.6 Å². The Kier molecular flexibility index (Phi) is 7.50. The van der Waals surface area contributed by atoms with E-state index < -0.39 is 0 Å². The molecule has 0 unspecified atom stereocenters. The first kappa shape index (κ1) is 21.9. The van der Waals surface area contributed by atoms with Crippen LogP contribution in [0.25, 0.3) is 0 Å². The van der Waals surface area contributed by atoms with E-state index in [4.69, 9.17) is 4.74 Å². The molecule has 5 nitrogen and oxygen atoms in total. The van der Waals surface area contributed by atoms with Crippen LogP contribution in [0.1, 0.15) is 59.9 Å². The highest BCUT2D eigenvalue weighted by molar-refractivity contribution is 5.94. The topological polar surface area (TPSA) is 58.6 Å². The van der Waals surface area contributed by atoms with Crippen molar-refractivity contribution >= 4 is 11.8 Å². The molecular formula is C25H32N2O3. The number of carbonyl (C=O) groups is 2. The maximum Gasteiger partial charge on any atom is 0.253 e. The summed E-state index contributed by atoms with van der Waals surface area (Å²) in [5.74, 6) is 1.07. The Morgan fingerprint density at radius 1 is 1.07 bits per heavy atom. The summed E-state index contributed by atoms with van der Waals surface area (Å²) in [5.41, 5.74) is 2.62. The van der Waals surface area contributed by atoms with Gasteiger partial charge >= 0.3 is 0 Å². The molecule has 2 aromatic rings. The van der Waals surface area contributed by atoms with Crippen LogP contribution in [0.15, 0.2) is 48.5 Å². The number of piperidine rings is 1. The lowest BCUT2D eigenvalue weighted by Crippen LogP contribution is -2.41. The molecule has 1 aliphatic heterocycles. The van der Waals surface area contributed by atoms with Gasteiger partial charge in [0.15, 0.2) is 0 Å². The van der Waals surface area contributed by atoms with Crippen molar-refractivity contribution in [2.45, 2.75) is 46.1 Å². The lowest BCUT2D eigenvalue weighted by Gasteiger charge is -2.32. The van der Waals surface area contributed by atoms with Crippen molar-refractivity contribution < 1.29 is 14.3 Å². The molecule has 30 heavy (non-hydrogen) atoms. The predicted molar refractivity (Wildman–Crippen MR) is 119 cm³/mol. The van der Waals surface area contributed by atoms with Crippen molar-refractivity contribution in [2.75, 3.05) is 19.7 Å². The van der Waals surface area contributed by atoms with E-state index in [-0.39, 0.29) is 17.9 Å². The number of carbonyl (C=O) groups excluding carboxylic acids is 2. The molecule has 1 N–H and O–H groups in total. The van der Waals surface area contributed by atoms with Gasteiger partial charge in [-0.3, -0.25) is 9.59 Å². The summed E-state index contributed by atoms with van der Waals surface area (Å²) in [6, 6.07) is 15.2. The predicted octanol–water partition coefficient (Wildman–Crippen LogP) is 4.32. The van der Waals surface area contributed by atoms with Crippen LogP contribution >= 0.6 is 0 Å². The number of likely N-dealkylation sites (tertiary alicyclic amines) is 1. The molecule has 1 heterocycles. The van der Waals surface area contributed by atoms with Crippen molar-refractivity contribution in [1.82, 2.24) is 10.2 Å². The number of benzene rings is 2. The molecule has 1 saturated heterocycles. The van der Waals surface area contributed by atoms with Crippen LogP contribution in [-0.4, -0.2) is 42.5 Å². The summed E-state index contributed by atoms with van der Waals surface area (Å²) in [4.78, 5) is 26.8. The van der Waals surface area contributed by atoms with Crippen molar-refractivity contribution in [3.05, 3.63) is 65.2 Å². The lowest BCUT2D eigenvalue weighted by molar-refractivity contribution is 0.0633. The average molecular weight is 409 g/mol. The molecule has 0 aromatic heterocycles. The number of nitrogens with zero attached hydrogens (tertiary/aromatic N) is 1. The molecule has 5 heteroatoms. The molecular weight excluding hydrogens is 376 g/mol. The minimum atomic E-state index is -0.0787. The Morgan fingerprint density at radius 2 is 1.73 bits per heavy atom. The van der Waals surface area contributed by atoms with Crippen LogP contribution in [0, 0.1) is 5.92 Å². The van der Waals surface area contributed by atoms with E-state index in [0.717, 1.165) is 37.1 Å². The quantitative estimate of drug-likeness (QED) is 0.742. The fraction of sp³-hybridized carbons (Fsp3) is 0.440. The molecule has 1 aliphatic rings. The van der Waals surface area contributed by atoms with Gasteiger partial charge < -0.3 is 15.0 Å². The van der Waals surface area contributed by atoms with Gasteiger partial charge in [0, 0.05) is 36.2 Å². The zero-order valence-corrected chi connectivity index (χ0v) is 18.2. The summed E-state index contributed by atoms with van der Waals surface area (Å²) in [6.45, 7) is 8.06. The number of amides is 2. The maximum atomic E-state index is 12.8. The van der Waals surface area contributed by atoms with E-state index in [1.807, 2.05) is 55.1 Å². The van der Waals surface area contributed by atoms with Gasteiger partial charge in [0.05, 0.1) is 6.61 Å². The standard InChI is InChI=1S/C25H32N2O3/c1-4-19-7-9-22(10-8-19)25(29)27-15-5-6-20(16-27)17-30-23-13-11-21(12-14-23)24(28)26-18(2)3/h7-14,18,20H,4-6,15-17H2,1-3H3,(H,26,28)/t20-/m0/s1. The highest BCUT2D eigenvalue weighted by atomic mass is 16.5. The third kappa shape index (κ3) is 5.85. The molecule has 2 aromatic carbocycles. The molecule has 0 bridgehead atoms. The molecule has 160 valence electrons. The number of hydrogen-bond acceptors (Lipinski definition) is 3. The Bertz CT molecular complexity index is 844. The number of nitrogens with one attached hydrogen (secondary N) is 1. The van der Waals surface area contributed by atoms with E-state index in [1.165, 1.54) is 5.56 Å². The van der Waals surface area contributed by atoms with Crippen molar-refractivity contribution in [3.63, 3.8) is 0 Å². The molecule has 1 fully saturated rings. The van der Waals surface area contributed by atoms with E-state index in [1.54, 1.807) is 12.1 Å². The highest BCUT2D eigenvalue weighted by Crippen LogP contribution is 2.21. The molecule has 1 atom stereocenters. The minimum absolute atomic E-state index is 0.0787. The SMILES string of the molecule is CCc1ccc(C(=O)N2CCC[C@H](COc3ccc(C(=O)NC(C)C)cc3)C2)cc1. The second-order valence-corrected chi connectivity index (χ2v) is 8.27. The van der Waals surface area contributed by atoms with Crippen LogP contribution in [-0.2, 0) is 6.42 Å². The normalized spacial score (nSPS) is 16.4. The van der Waals surface area contributed by atoms with Crippen LogP contribution < -0.4 is 10.1 Å². The summed E-state index contributed by atoms with van der Waals surface area (Å²) in [7, 11) is 0. The smallest absolute Gasteiger partial charge is 0.253 e. The number of rotatable bonds is 7. The van der Waals surface area contributed by atoms with Gasteiger partial charge in [0.1, 0.15) is 5.75 Å². The highest BCUT2D eigenvalue weighted by Gasteiger charge is 2.25. The average Bonchev–Trinajstić information content (AvgIpc) is 2.77. The van der Waals surface area contributed by atoms with Crippen LogP contribution in [0.5, 0.6) is 5.75 Å². The largest absolute Gasteiger partial charge is 0.493 e. The monoisotopic (exact) mass is 408 g/mol. The van der Waals surface area contributed by atoms with Gasteiger partial charge in [-0.1, -0.05) is 19.1 Å². The Morgan fingerprint density at radius 3 is 2.37 bits per heavy atom. The minimum Gasteiger partial charge on any atom is -0.493 e. The second-order valence-electron chi connectivity index (χ2n) is 8.27. The van der Waals surface area contributed by atoms with Gasteiger partial charge in [-0.15, -0.1) is 0 Å². The van der Waals surface area contributed by atoms with E-state index in [2.05, 4.69) is 12.2 Å². The summed E-state index contributed by atoms with van der Waals surface area (Å²) in [6.07, 6.45) is 3.01. The molecule has 0 saturated carbocycles. The number of hydrogen-bond donors (Lipinski definition) is 1. The van der Waals surface area contributed by atoms with Gasteiger partial charge in [0.2, 0.25) is 0 Å². The van der Waals surface area contributed by atoms with Gasteiger partial charge in [0.25, 0.3) is 11.8 Å². The molecule has 0 spiro atoms. The van der Waals surface area contributed by atoms with Gasteiger partial charge in [-0.25, -0.2) is 0 Å². The summed E-state index contributed by atoms with van der Waals surface area (Å²) < 4.78 is 5.96. The Hall–Kier alpha value is -2.82. The van der Waals surface area contributed by atoms with Crippen LogP contribution in [0.4, 0.5) is 0 Å². The van der Waals surface area contributed by atoms with E-state index >= 15 is 0 Å². The molecule has 0 aliphatic carbocycles. The van der Waals surface area contributed by atoms with Crippen molar-refractivity contribution in [1.29, 1.82) is 0 Å². The maximum absolute atomic E-state index is 12.8. The number of aryl methyl sites for hydroxylation is 1. The molecule has 2 amide bonds. The summed E-state index contributed by atoms with van der Waals surface area (Å²) >= 11 is 0. The van der Waals surface area contributed by atoms with Crippen LogP contribution in [0.3, 0.4) is 0 Å². The van der Waals surface area contributed by atoms with Gasteiger partial charge in [-0.2, -0.15) is 0 Å². The third-order valence-corrected chi connectivity index (χ3v) is 5.44. The summed E-state index contributed by atoms with van der Waals surface area (Å²) in [5, 5.41) is 2.88. The Balaban J connectivity index is 1.52. The van der Waals surface area contributed by atoms with Crippen molar-refractivity contribution in [3.8, 4) is 5.75 Å². The van der Waals surface area contributed by atoms with Crippen molar-refractivity contribution in [2.24, 2.45) is 5.92 Å². The second kappa shape index (κ2) is 10.3. The number of ether oxygens (including phenoxy) is 1. The fourth-order valence-electron chi connectivity index (χ4n) is 3.71. The van der Waals surface area contributed by atoms with E-state index in [9.17, 15) is 9.59 Å². The zero-order valence-electron chi connectivity index (χ0n) is 18.2. The third-order valence-electron chi connectivity index (χ3n) is 5.44. The molecule has 0 radical (unpaired) electrons. The molecule has 3 rings (SSSR count).